The highest BCUT2D eigenvalue weighted by molar-refractivity contribution is 9.10. The Morgan fingerprint density at radius 2 is 1.81 bits per heavy atom. The van der Waals surface area contributed by atoms with E-state index in [0.29, 0.717) is 29.2 Å². The number of amides is 2. The molecule has 27 heavy (non-hydrogen) atoms. The molecule has 1 aliphatic heterocycles. The summed E-state index contributed by atoms with van der Waals surface area (Å²) in [5, 5.41) is 2.89. The topological polar surface area (TPSA) is 58.6 Å². The first-order valence-corrected chi connectivity index (χ1v) is 10.0. The molecular formula is C21H23BrN2O3. The van der Waals surface area contributed by atoms with Crippen molar-refractivity contribution in [2.24, 2.45) is 0 Å². The van der Waals surface area contributed by atoms with Gasteiger partial charge in [0.2, 0.25) is 0 Å². The van der Waals surface area contributed by atoms with Crippen molar-refractivity contribution in [3.8, 4) is 5.75 Å². The average molecular weight is 431 g/mol. The van der Waals surface area contributed by atoms with Crippen molar-refractivity contribution in [1.29, 1.82) is 0 Å². The smallest absolute Gasteiger partial charge is 0.259 e. The van der Waals surface area contributed by atoms with E-state index in [0.717, 1.165) is 36.8 Å². The first kappa shape index (κ1) is 19.4. The lowest BCUT2D eigenvalue weighted by Gasteiger charge is -2.27. The van der Waals surface area contributed by atoms with E-state index in [2.05, 4.69) is 21.2 Å². The molecule has 1 fully saturated rings. The summed E-state index contributed by atoms with van der Waals surface area (Å²) < 4.78 is 6.35. The lowest BCUT2D eigenvalue weighted by atomic mass is 10.1. The summed E-state index contributed by atoms with van der Waals surface area (Å²) in [4.78, 5) is 27.6. The van der Waals surface area contributed by atoms with Crippen molar-refractivity contribution in [3.63, 3.8) is 0 Å². The monoisotopic (exact) mass is 430 g/mol. The summed E-state index contributed by atoms with van der Waals surface area (Å²) >= 11 is 3.39. The molecule has 0 unspecified atom stereocenters. The van der Waals surface area contributed by atoms with Gasteiger partial charge in [-0.2, -0.15) is 0 Å². The molecule has 2 amide bonds. The van der Waals surface area contributed by atoms with Gasteiger partial charge in [0.1, 0.15) is 5.75 Å². The summed E-state index contributed by atoms with van der Waals surface area (Å²) in [6.07, 6.45) is 3.21. The van der Waals surface area contributed by atoms with Crippen LogP contribution in [0, 0.1) is 0 Å². The first-order valence-electron chi connectivity index (χ1n) is 9.22. The van der Waals surface area contributed by atoms with Crippen LogP contribution in [0.5, 0.6) is 5.75 Å². The molecule has 142 valence electrons. The maximum absolute atomic E-state index is 12.9. The molecule has 1 aliphatic rings. The number of hydrogen-bond donors (Lipinski definition) is 1. The molecule has 0 atom stereocenters. The maximum atomic E-state index is 12.9. The number of benzene rings is 2. The van der Waals surface area contributed by atoms with Crippen molar-refractivity contribution in [1.82, 2.24) is 4.90 Å². The number of hydrogen-bond acceptors (Lipinski definition) is 3. The quantitative estimate of drug-likeness (QED) is 0.745. The molecule has 3 rings (SSSR count). The Bertz CT molecular complexity index is 832. The van der Waals surface area contributed by atoms with Crippen molar-refractivity contribution >= 4 is 33.4 Å². The predicted octanol–water partition coefficient (Wildman–Crippen LogP) is 4.73. The van der Waals surface area contributed by atoms with E-state index in [1.54, 1.807) is 24.3 Å². The summed E-state index contributed by atoms with van der Waals surface area (Å²) in [6.45, 7) is 3.87. The van der Waals surface area contributed by atoms with Crippen LogP contribution < -0.4 is 10.1 Å². The Morgan fingerprint density at radius 3 is 2.56 bits per heavy atom. The SMILES string of the molecule is CCOc1ccc(Br)cc1C(=O)Nc1ccccc1C(=O)N1CCCCC1. The molecule has 2 aromatic rings. The summed E-state index contributed by atoms with van der Waals surface area (Å²) in [5.74, 6) is 0.168. The van der Waals surface area contributed by atoms with Gasteiger partial charge in [-0.3, -0.25) is 9.59 Å². The third-order valence-electron chi connectivity index (χ3n) is 4.54. The molecule has 6 heteroatoms. The third-order valence-corrected chi connectivity index (χ3v) is 5.03. The number of halogens is 1. The van der Waals surface area contributed by atoms with Crippen LogP contribution in [0.15, 0.2) is 46.9 Å². The minimum absolute atomic E-state index is 0.0372. The summed E-state index contributed by atoms with van der Waals surface area (Å²) in [6, 6.07) is 12.5. The summed E-state index contributed by atoms with van der Waals surface area (Å²) in [5.41, 5.74) is 1.45. The molecule has 1 heterocycles. The van der Waals surface area contributed by atoms with Crippen molar-refractivity contribution in [2.45, 2.75) is 26.2 Å². The van der Waals surface area contributed by atoms with Crippen molar-refractivity contribution in [3.05, 3.63) is 58.1 Å². The lowest BCUT2D eigenvalue weighted by molar-refractivity contribution is 0.0725. The van der Waals surface area contributed by atoms with E-state index in [4.69, 9.17) is 4.74 Å². The molecule has 0 saturated carbocycles. The fourth-order valence-electron chi connectivity index (χ4n) is 3.20. The van der Waals surface area contributed by atoms with E-state index in [1.807, 2.05) is 30.0 Å². The van der Waals surface area contributed by atoms with Crippen LogP contribution >= 0.6 is 15.9 Å². The lowest BCUT2D eigenvalue weighted by Crippen LogP contribution is -2.36. The van der Waals surface area contributed by atoms with Gasteiger partial charge in [0.15, 0.2) is 0 Å². The van der Waals surface area contributed by atoms with Gasteiger partial charge < -0.3 is 15.0 Å². The molecule has 1 N–H and O–H groups in total. The molecule has 0 spiro atoms. The Morgan fingerprint density at radius 1 is 1.07 bits per heavy atom. The minimum atomic E-state index is -0.307. The third kappa shape index (κ3) is 4.69. The van der Waals surface area contributed by atoms with Gasteiger partial charge in [-0.1, -0.05) is 28.1 Å². The Hall–Kier alpha value is -2.34. The van der Waals surface area contributed by atoms with Gasteiger partial charge in [0.05, 0.1) is 23.4 Å². The first-order chi connectivity index (χ1) is 13.1. The van der Waals surface area contributed by atoms with Crippen LogP contribution in [0.3, 0.4) is 0 Å². The maximum Gasteiger partial charge on any atom is 0.259 e. The van der Waals surface area contributed by atoms with E-state index in [-0.39, 0.29) is 11.8 Å². The zero-order valence-electron chi connectivity index (χ0n) is 15.3. The zero-order valence-corrected chi connectivity index (χ0v) is 16.9. The highest BCUT2D eigenvalue weighted by atomic mass is 79.9. The number of nitrogens with zero attached hydrogens (tertiary/aromatic N) is 1. The van der Waals surface area contributed by atoms with Crippen LogP contribution in [0.1, 0.15) is 46.9 Å². The normalized spacial score (nSPS) is 13.9. The highest BCUT2D eigenvalue weighted by Gasteiger charge is 2.22. The van der Waals surface area contributed by atoms with Crippen LogP contribution in [-0.2, 0) is 0 Å². The Balaban J connectivity index is 1.85. The molecule has 0 bridgehead atoms. The van der Waals surface area contributed by atoms with E-state index < -0.39 is 0 Å². The number of piperidine rings is 1. The van der Waals surface area contributed by atoms with Crippen molar-refractivity contribution in [2.75, 3.05) is 25.0 Å². The minimum Gasteiger partial charge on any atom is -0.493 e. The standard InChI is InChI=1S/C21H23BrN2O3/c1-2-27-19-11-10-15(22)14-17(19)20(25)23-18-9-5-4-8-16(18)21(26)24-12-6-3-7-13-24/h4-5,8-11,14H,2-3,6-7,12-13H2,1H3,(H,23,25). The van der Waals surface area contributed by atoms with Gasteiger partial charge in [0, 0.05) is 17.6 Å². The second-order valence-corrected chi connectivity index (χ2v) is 7.34. The van der Waals surface area contributed by atoms with Gasteiger partial charge in [-0.05, 0) is 56.5 Å². The average Bonchev–Trinajstić information content (AvgIpc) is 2.70. The number of para-hydroxylation sites is 1. The van der Waals surface area contributed by atoms with Gasteiger partial charge >= 0.3 is 0 Å². The van der Waals surface area contributed by atoms with Crippen molar-refractivity contribution < 1.29 is 14.3 Å². The van der Waals surface area contributed by atoms with Crippen LogP contribution in [0.25, 0.3) is 0 Å². The fourth-order valence-corrected chi connectivity index (χ4v) is 3.56. The molecule has 0 aromatic heterocycles. The number of anilines is 1. The predicted molar refractivity (Wildman–Crippen MR) is 109 cm³/mol. The van der Waals surface area contributed by atoms with E-state index in [9.17, 15) is 9.59 Å². The van der Waals surface area contributed by atoms with E-state index >= 15 is 0 Å². The summed E-state index contributed by atoms with van der Waals surface area (Å²) in [7, 11) is 0. The Labute approximate surface area is 167 Å². The highest BCUT2D eigenvalue weighted by Crippen LogP contribution is 2.26. The fraction of sp³-hybridized carbons (Fsp3) is 0.333. The largest absolute Gasteiger partial charge is 0.493 e. The zero-order chi connectivity index (χ0) is 19.2. The second kappa shape index (κ2) is 9.04. The number of ether oxygens (including phenoxy) is 1. The molecular weight excluding hydrogens is 408 g/mol. The molecule has 0 radical (unpaired) electrons. The van der Waals surface area contributed by atoms with Crippen LogP contribution in [-0.4, -0.2) is 36.4 Å². The number of nitrogens with one attached hydrogen (secondary N) is 1. The molecule has 2 aromatic carbocycles. The number of rotatable bonds is 5. The second-order valence-electron chi connectivity index (χ2n) is 6.43. The molecule has 0 aliphatic carbocycles. The molecule has 1 saturated heterocycles. The van der Waals surface area contributed by atoms with Crippen LogP contribution in [0.2, 0.25) is 0 Å². The number of carbonyl (C=O) groups excluding carboxylic acids is 2. The van der Waals surface area contributed by atoms with E-state index in [1.165, 1.54) is 0 Å². The molecule has 5 nitrogen and oxygen atoms in total. The van der Waals surface area contributed by atoms with Gasteiger partial charge in [-0.15, -0.1) is 0 Å². The number of carbonyl (C=O) groups is 2. The Kier molecular flexibility index (Phi) is 6.50. The van der Waals surface area contributed by atoms with Gasteiger partial charge in [-0.25, -0.2) is 0 Å². The van der Waals surface area contributed by atoms with Crippen LogP contribution in [0.4, 0.5) is 5.69 Å². The van der Waals surface area contributed by atoms with Gasteiger partial charge in [0.25, 0.3) is 11.8 Å². The number of likely N-dealkylation sites (tertiary alicyclic amines) is 1.